The van der Waals surface area contributed by atoms with Crippen LogP contribution < -0.4 is 10.6 Å². The van der Waals surface area contributed by atoms with Gasteiger partial charge in [-0.1, -0.05) is 32.9 Å². The predicted molar refractivity (Wildman–Crippen MR) is 147 cm³/mol. The molecular formula is C26H31N9O4S. The maximum Gasteiger partial charge on any atom is 0.309 e. The molecule has 0 aliphatic carbocycles. The molecule has 4 aromatic rings. The van der Waals surface area contributed by atoms with Gasteiger partial charge in [0.05, 0.1) is 29.9 Å². The lowest BCUT2D eigenvalue weighted by Gasteiger charge is -2.19. The van der Waals surface area contributed by atoms with E-state index in [4.69, 9.17) is 4.42 Å². The van der Waals surface area contributed by atoms with Crippen LogP contribution in [0.5, 0.6) is 0 Å². The largest absolute Gasteiger partial charge is 0.416 e. The third kappa shape index (κ3) is 6.02. The number of nitrogens with one attached hydrogen (secondary N) is 2. The van der Waals surface area contributed by atoms with Crippen molar-refractivity contribution in [3.63, 3.8) is 0 Å². The number of aromatic nitrogens is 6. The van der Waals surface area contributed by atoms with Gasteiger partial charge in [0.1, 0.15) is 0 Å². The van der Waals surface area contributed by atoms with Crippen molar-refractivity contribution in [1.82, 2.24) is 39.6 Å². The van der Waals surface area contributed by atoms with Crippen LogP contribution in [0.3, 0.4) is 0 Å². The number of amides is 1. The molecule has 4 heterocycles. The third-order valence-electron chi connectivity index (χ3n) is 6.48. The first-order valence-corrected chi connectivity index (χ1v) is 14.5. The summed E-state index contributed by atoms with van der Waals surface area (Å²) >= 11 is 0. The topological polar surface area (TPSA) is 161 Å². The second-order valence-corrected chi connectivity index (χ2v) is 12.8. The number of fused-ring (bicyclic) bond motifs is 1. The summed E-state index contributed by atoms with van der Waals surface area (Å²) in [5.41, 5.74) is 3.35. The van der Waals surface area contributed by atoms with E-state index in [2.05, 4.69) is 35.9 Å². The van der Waals surface area contributed by atoms with Crippen LogP contribution in [0.25, 0.3) is 11.3 Å². The highest BCUT2D eigenvalue weighted by Crippen LogP contribution is 2.32. The fraction of sp³-hybridized carbons (Fsp3) is 0.385. The quantitative estimate of drug-likeness (QED) is 0.356. The van der Waals surface area contributed by atoms with E-state index in [1.165, 1.54) is 10.6 Å². The smallest absolute Gasteiger partial charge is 0.309 e. The first-order chi connectivity index (χ1) is 18.9. The average molecular weight is 566 g/mol. The Morgan fingerprint density at radius 1 is 1.18 bits per heavy atom. The Morgan fingerprint density at radius 3 is 2.65 bits per heavy atom. The van der Waals surface area contributed by atoms with Gasteiger partial charge in [0.25, 0.3) is 0 Å². The summed E-state index contributed by atoms with van der Waals surface area (Å²) in [5, 5.41) is 18.1. The van der Waals surface area contributed by atoms with Gasteiger partial charge >= 0.3 is 11.8 Å². The van der Waals surface area contributed by atoms with Crippen molar-refractivity contribution < 1.29 is 17.6 Å². The molecule has 1 aliphatic rings. The van der Waals surface area contributed by atoms with Crippen molar-refractivity contribution in [1.29, 1.82) is 0 Å². The van der Waals surface area contributed by atoms with Crippen LogP contribution in [0.1, 0.15) is 60.9 Å². The molecule has 0 spiro atoms. The number of sulfonamides is 1. The number of hydrogen-bond acceptors (Lipinski definition) is 10. The molecular weight excluding hydrogens is 534 g/mol. The molecule has 1 aromatic carbocycles. The second kappa shape index (κ2) is 10.4. The van der Waals surface area contributed by atoms with Gasteiger partial charge in [-0.05, 0) is 29.7 Å². The minimum Gasteiger partial charge on any atom is -0.416 e. The van der Waals surface area contributed by atoms with Crippen LogP contribution in [0.4, 0.5) is 11.6 Å². The van der Waals surface area contributed by atoms with E-state index in [1.54, 1.807) is 23.1 Å². The standard InChI is InChI=1S/C26H31N9O4S/c1-26(2,3)24-33-32-23(39-24)22(36)30-21-9-11-35(40(5,37)38)14-17-12-16(6-7-19(17)21)20-8-10-27-25(31-20)29-18-13-28-34(4)15-18/h6-8,10,12-13,15,21H,9,11,14H2,1-5H3,(H,30,36)(H,27,29,31). The fourth-order valence-electron chi connectivity index (χ4n) is 4.41. The Bertz CT molecular complexity index is 1660. The van der Waals surface area contributed by atoms with E-state index >= 15 is 0 Å². The number of anilines is 2. The van der Waals surface area contributed by atoms with Crippen molar-refractivity contribution in [2.45, 2.75) is 45.2 Å². The normalized spacial score (nSPS) is 16.3. The van der Waals surface area contributed by atoms with Crippen LogP contribution in [0, 0.1) is 0 Å². The maximum atomic E-state index is 13.1. The Kier molecular flexibility index (Phi) is 7.14. The van der Waals surface area contributed by atoms with Crippen LogP contribution in [-0.4, -0.2) is 61.4 Å². The monoisotopic (exact) mass is 565 g/mol. The fourth-order valence-corrected chi connectivity index (χ4v) is 5.22. The lowest BCUT2D eigenvalue weighted by Crippen LogP contribution is -2.32. The van der Waals surface area contributed by atoms with E-state index in [9.17, 15) is 13.2 Å². The number of nitrogens with zero attached hydrogens (tertiary/aromatic N) is 7. The van der Waals surface area contributed by atoms with Crippen molar-refractivity contribution >= 4 is 27.6 Å². The zero-order chi connectivity index (χ0) is 28.7. The van der Waals surface area contributed by atoms with Crippen LogP contribution in [0.15, 0.2) is 47.3 Å². The summed E-state index contributed by atoms with van der Waals surface area (Å²) in [7, 11) is -1.67. The molecule has 13 nitrogen and oxygen atoms in total. The SMILES string of the molecule is Cn1cc(Nc2nccc(-c3ccc4c(c3)CN(S(C)(=O)=O)CCC4NC(=O)c3nnc(C(C)(C)C)o3)n2)cn1. The van der Waals surface area contributed by atoms with E-state index in [0.717, 1.165) is 22.4 Å². The number of rotatable bonds is 6. The predicted octanol–water partition coefficient (Wildman–Crippen LogP) is 2.94. The van der Waals surface area contributed by atoms with Crippen molar-refractivity contribution in [3.05, 3.63) is 65.8 Å². The molecule has 0 radical (unpaired) electrons. The van der Waals surface area contributed by atoms with E-state index in [1.807, 2.05) is 52.2 Å². The Balaban J connectivity index is 1.45. The molecule has 0 saturated heterocycles. The summed E-state index contributed by atoms with van der Waals surface area (Å²) < 4.78 is 33.8. The minimum absolute atomic E-state index is 0.137. The lowest BCUT2D eigenvalue weighted by molar-refractivity contribution is 0.0896. The summed E-state index contributed by atoms with van der Waals surface area (Å²) in [6, 6.07) is 7.00. The van der Waals surface area contributed by atoms with Gasteiger partial charge < -0.3 is 15.1 Å². The van der Waals surface area contributed by atoms with Gasteiger partial charge in [-0.2, -0.15) is 9.40 Å². The Hall–Kier alpha value is -4.17. The lowest BCUT2D eigenvalue weighted by atomic mass is 9.96. The molecule has 0 fully saturated rings. The molecule has 14 heteroatoms. The van der Waals surface area contributed by atoms with Gasteiger partial charge in [-0.25, -0.2) is 18.4 Å². The molecule has 0 saturated carbocycles. The number of benzene rings is 1. The summed E-state index contributed by atoms with van der Waals surface area (Å²) in [6.45, 7) is 6.14. The van der Waals surface area contributed by atoms with Crippen LogP contribution in [-0.2, 0) is 29.0 Å². The zero-order valence-electron chi connectivity index (χ0n) is 22.9. The molecule has 2 N–H and O–H groups in total. The van der Waals surface area contributed by atoms with Gasteiger partial charge in [0.2, 0.25) is 21.9 Å². The van der Waals surface area contributed by atoms with Crippen LogP contribution >= 0.6 is 0 Å². The van der Waals surface area contributed by atoms with E-state index in [0.29, 0.717) is 24.0 Å². The summed E-state index contributed by atoms with van der Waals surface area (Å²) in [6.07, 6.45) is 6.69. The first-order valence-electron chi connectivity index (χ1n) is 12.7. The first kappa shape index (κ1) is 27.4. The molecule has 5 rings (SSSR count). The molecule has 1 unspecified atom stereocenters. The number of hydrogen-bond donors (Lipinski definition) is 2. The second-order valence-electron chi connectivity index (χ2n) is 10.8. The van der Waals surface area contributed by atoms with Crippen molar-refractivity contribution in [3.8, 4) is 11.3 Å². The molecule has 1 amide bonds. The van der Waals surface area contributed by atoms with Gasteiger partial charge in [-0.15, -0.1) is 10.2 Å². The van der Waals surface area contributed by atoms with Gasteiger partial charge in [-0.3, -0.25) is 9.48 Å². The minimum atomic E-state index is -3.49. The molecule has 1 atom stereocenters. The number of carbonyl (C=O) groups is 1. The Morgan fingerprint density at radius 2 is 1.98 bits per heavy atom. The van der Waals surface area contributed by atoms with E-state index in [-0.39, 0.29) is 19.0 Å². The number of aryl methyl sites for hydroxylation is 1. The summed E-state index contributed by atoms with van der Waals surface area (Å²) in [4.78, 5) is 22.0. The van der Waals surface area contributed by atoms with Gasteiger partial charge in [0.15, 0.2) is 0 Å². The molecule has 40 heavy (non-hydrogen) atoms. The maximum absolute atomic E-state index is 13.1. The average Bonchev–Trinajstić information content (AvgIpc) is 3.50. The molecule has 0 bridgehead atoms. The van der Waals surface area contributed by atoms with E-state index < -0.39 is 27.4 Å². The Labute approximate surface area is 232 Å². The highest BCUT2D eigenvalue weighted by atomic mass is 32.2. The summed E-state index contributed by atoms with van der Waals surface area (Å²) in [5.74, 6) is 0.103. The molecule has 1 aliphatic heterocycles. The molecule has 210 valence electrons. The van der Waals surface area contributed by atoms with Crippen molar-refractivity contribution in [2.24, 2.45) is 7.05 Å². The van der Waals surface area contributed by atoms with Gasteiger partial charge in [0, 0.05) is 43.5 Å². The van der Waals surface area contributed by atoms with Crippen LogP contribution in [0.2, 0.25) is 0 Å². The third-order valence-corrected chi connectivity index (χ3v) is 7.73. The number of carbonyl (C=O) groups excluding carboxylic acids is 1. The zero-order valence-corrected chi connectivity index (χ0v) is 23.7. The van der Waals surface area contributed by atoms with Crippen molar-refractivity contribution in [2.75, 3.05) is 18.1 Å². The molecule has 3 aromatic heterocycles. The highest BCUT2D eigenvalue weighted by molar-refractivity contribution is 7.88. The highest BCUT2D eigenvalue weighted by Gasteiger charge is 2.30.